The number of carbonyl (C=O) groups excluding carboxylic acids is 2. The van der Waals surface area contributed by atoms with Crippen molar-refractivity contribution in [2.24, 2.45) is 45.3 Å². The molecule has 0 N–H and O–H groups in total. The molecular weight excluding hydrogens is 444 g/mol. The van der Waals surface area contributed by atoms with Crippen LogP contribution in [0.15, 0.2) is 11.1 Å². The minimum Gasteiger partial charge on any atom is -0.462 e. The largest absolute Gasteiger partial charge is 0.462 e. The average Bonchev–Trinajstić information content (AvgIpc) is 3.04. The Morgan fingerprint density at radius 1 is 0.889 bits per heavy atom. The molecule has 0 unspecified atom stereocenters. The third-order valence-corrected chi connectivity index (χ3v) is 12.4. The summed E-state index contributed by atoms with van der Waals surface area (Å²) in [7, 11) is 0. The normalized spacial score (nSPS) is 40.3. The highest BCUT2D eigenvalue weighted by Gasteiger charge is 2.64. The van der Waals surface area contributed by atoms with Gasteiger partial charge >= 0.3 is 5.97 Å². The predicted octanol–water partition coefficient (Wildman–Crippen LogP) is 8.70. The van der Waals surface area contributed by atoms with E-state index in [0.29, 0.717) is 23.5 Å². The summed E-state index contributed by atoms with van der Waals surface area (Å²) in [6.07, 6.45) is 12.8. The molecule has 0 amide bonds. The summed E-state index contributed by atoms with van der Waals surface area (Å²) < 4.78 is 5.86. The predicted molar refractivity (Wildman–Crippen MR) is 147 cm³/mol. The summed E-state index contributed by atoms with van der Waals surface area (Å²) in [5, 5.41) is 0. The summed E-state index contributed by atoms with van der Waals surface area (Å²) in [5.74, 6) is 2.29. The molecule has 0 spiro atoms. The number of fused-ring (bicyclic) bond motifs is 4. The number of rotatable bonds is 7. The van der Waals surface area contributed by atoms with Gasteiger partial charge in [0.1, 0.15) is 11.9 Å². The smallest absolute Gasteiger partial charge is 0.302 e. The minimum atomic E-state index is -0.140. The molecule has 0 bridgehead atoms. The molecule has 0 aromatic rings. The molecule has 2 fully saturated rings. The van der Waals surface area contributed by atoms with Crippen molar-refractivity contribution in [3.05, 3.63) is 11.1 Å². The van der Waals surface area contributed by atoms with Gasteiger partial charge in [0.25, 0.3) is 0 Å². The number of hydrogen-bond acceptors (Lipinski definition) is 3. The number of Topliss-reactive ketones (excluding diaryl/α,β-unsaturated/α-hetero) is 1. The van der Waals surface area contributed by atoms with E-state index in [-0.39, 0.29) is 39.7 Å². The van der Waals surface area contributed by atoms with Crippen molar-refractivity contribution < 1.29 is 14.3 Å². The zero-order valence-electron chi connectivity index (χ0n) is 24.9. The third kappa shape index (κ3) is 4.23. The number of ketones is 1. The van der Waals surface area contributed by atoms with Crippen LogP contribution in [0.25, 0.3) is 0 Å². The first-order valence-electron chi connectivity index (χ1n) is 15.1. The fourth-order valence-electron chi connectivity index (χ4n) is 10.2. The summed E-state index contributed by atoms with van der Waals surface area (Å²) in [4.78, 5) is 24.8. The highest BCUT2D eigenvalue weighted by atomic mass is 16.5. The van der Waals surface area contributed by atoms with Crippen LogP contribution in [-0.2, 0) is 14.3 Å². The summed E-state index contributed by atoms with van der Waals surface area (Å²) in [6, 6.07) is 0. The van der Waals surface area contributed by atoms with Crippen molar-refractivity contribution in [1.29, 1.82) is 0 Å². The highest BCUT2D eigenvalue weighted by molar-refractivity contribution is 5.78. The summed E-state index contributed by atoms with van der Waals surface area (Å²) in [6.45, 7) is 20.4. The number of esters is 1. The second kappa shape index (κ2) is 9.57. The van der Waals surface area contributed by atoms with Gasteiger partial charge in [0.05, 0.1) is 0 Å². The van der Waals surface area contributed by atoms with Gasteiger partial charge in [-0.25, -0.2) is 0 Å². The number of hydrogen-bond donors (Lipinski definition) is 0. The van der Waals surface area contributed by atoms with E-state index >= 15 is 0 Å². The quantitative estimate of drug-likeness (QED) is 0.260. The first-order valence-corrected chi connectivity index (χ1v) is 15.1. The van der Waals surface area contributed by atoms with Gasteiger partial charge in [-0.05, 0) is 98.7 Å². The SMILES string of the molecule is CC(=O)O[C@@H]1CC[C@]2(C)C3=C(CC[C@@H]2C1(C)C)[C@]1(C)CC[C@H]([C@H](CCCC(C)C)C(C)=O)[C@@]1(C)CC3. The molecule has 0 radical (unpaired) electrons. The molecule has 4 aliphatic carbocycles. The molecule has 7 atom stereocenters. The maximum absolute atomic E-state index is 13.0. The molecule has 0 heterocycles. The lowest BCUT2D eigenvalue weighted by molar-refractivity contribution is -0.167. The minimum absolute atomic E-state index is 0.00674. The van der Waals surface area contributed by atoms with E-state index in [0.717, 1.165) is 19.3 Å². The molecule has 2 saturated carbocycles. The Balaban J connectivity index is 1.65. The van der Waals surface area contributed by atoms with Crippen LogP contribution in [0.1, 0.15) is 133 Å². The fourth-order valence-corrected chi connectivity index (χ4v) is 10.2. The van der Waals surface area contributed by atoms with E-state index in [1.807, 2.05) is 6.92 Å². The zero-order chi connectivity index (χ0) is 26.7. The van der Waals surface area contributed by atoms with Crippen molar-refractivity contribution in [3.63, 3.8) is 0 Å². The standard InChI is InChI=1S/C33H54O3/c1-21(2)11-10-12-24(22(3)34)25-15-19-33(9)27-13-14-28-30(5,6)29(36-23(4)35)17-18-31(28,7)26(27)16-20-32(25,33)8/h21,24-25,28-29H,10-20H2,1-9H3/t24-,25-,28-,29-,31-,32-,33+/m1/s1. The van der Waals surface area contributed by atoms with Gasteiger partial charge in [-0.3, -0.25) is 9.59 Å². The van der Waals surface area contributed by atoms with Gasteiger partial charge in [0.15, 0.2) is 0 Å². The Labute approximate surface area is 221 Å². The van der Waals surface area contributed by atoms with Crippen LogP contribution < -0.4 is 0 Å². The molecule has 0 aromatic heterocycles. The van der Waals surface area contributed by atoms with Gasteiger partial charge in [0, 0.05) is 18.3 Å². The second-order valence-corrected chi connectivity index (χ2v) is 14.9. The summed E-state index contributed by atoms with van der Waals surface area (Å²) in [5.41, 5.74) is 4.15. The lowest BCUT2D eigenvalue weighted by Crippen LogP contribution is -2.56. The number of allylic oxidation sites excluding steroid dienone is 2. The fraction of sp³-hybridized carbons (Fsp3) is 0.879. The van der Waals surface area contributed by atoms with Crippen LogP contribution in [-0.4, -0.2) is 17.9 Å². The Bertz CT molecular complexity index is 912. The molecule has 0 saturated heterocycles. The number of carbonyl (C=O) groups is 2. The maximum Gasteiger partial charge on any atom is 0.302 e. The van der Waals surface area contributed by atoms with Gasteiger partial charge in [-0.1, -0.05) is 72.5 Å². The van der Waals surface area contributed by atoms with E-state index in [4.69, 9.17) is 4.74 Å². The molecular formula is C33H54O3. The van der Waals surface area contributed by atoms with Crippen LogP contribution in [0.4, 0.5) is 0 Å². The Kier molecular flexibility index (Phi) is 7.41. The van der Waals surface area contributed by atoms with Crippen molar-refractivity contribution in [2.75, 3.05) is 0 Å². The van der Waals surface area contributed by atoms with E-state index in [9.17, 15) is 9.59 Å². The lowest BCUT2D eigenvalue weighted by Gasteiger charge is -2.62. The van der Waals surface area contributed by atoms with Crippen LogP contribution in [0.2, 0.25) is 0 Å². The first-order chi connectivity index (χ1) is 16.7. The second-order valence-electron chi connectivity index (χ2n) is 14.9. The van der Waals surface area contributed by atoms with Gasteiger partial charge in [-0.2, -0.15) is 0 Å². The molecule has 4 aliphatic rings. The molecule has 0 aliphatic heterocycles. The monoisotopic (exact) mass is 498 g/mol. The van der Waals surface area contributed by atoms with Gasteiger partial charge in [0.2, 0.25) is 0 Å². The molecule has 3 heteroatoms. The first kappa shape index (κ1) is 27.9. The van der Waals surface area contributed by atoms with Crippen molar-refractivity contribution in [3.8, 4) is 0 Å². The van der Waals surface area contributed by atoms with Crippen LogP contribution in [0, 0.1) is 45.3 Å². The molecule has 3 nitrogen and oxygen atoms in total. The Morgan fingerprint density at radius 2 is 1.58 bits per heavy atom. The van der Waals surface area contributed by atoms with Crippen molar-refractivity contribution in [1.82, 2.24) is 0 Å². The molecule has 36 heavy (non-hydrogen) atoms. The van der Waals surface area contributed by atoms with Gasteiger partial charge in [-0.15, -0.1) is 0 Å². The van der Waals surface area contributed by atoms with Crippen LogP contribution in [0.3, 0.4) is 0 Å². The van der Waals surface area contributed by atoms with Crippen LogP contribution >= 0.6 is 0 Å². The van der Waals surface area contributed by atoms with E-state index in [2.05, 4.69) is 48.5 Å². The van der Waals surface area contributed by atoms with E-state index in [1.54, 1.807) is 18.1 Å². The topological polar surface area (TPSA) is 43.4 Å². The lowest BCUT2D eigenvalue weighted by atomic mass is 9.43. The van der Waals surface area contributed by atoms with E-state index in [1.165, 1.54) is 51.4 Å². The molecule has 204 valence electrons. The molecule has 4 rings (SSSR count). The van der Waals surface area contributed by atoms with Crippen LogP contribution in [0.5, 0.6) is 0 Å². The maximum atomic E-state index is 13.0. The Morgan fingerprint density at radius 3 is 2.19 bits per heavy atom. The number of ether oxygens (including phenoxy) is 1. The average molecular weight is 499 g/mol. The zero-order valence-corrected chi connectivity index (χ0v) is 24.9. The van der Waals surface area contributed by atoms with E-state index < -0.39 is 0 Å². The third-order valence-electron chi connectivity index (χ3n) is 12.4. The summed E-state index contributed by atoms with van der Waals surface area (Å²) >= 11 is 0. The Hall–Kier alpha value is -1.12. The van der Waals surface area contributed by atoms with Gasteiger partial charge < -0.3 is 4.74 Å². The van der Waals surface area contributed by atoms with Crippen molar-refractivity contribution in [2.45, 2.75) is 139 Å². The molecule has 0 aromatic carbocycles. The van der Waals surface area contributed by atoms with Crippen molar-refractivity contribution >= 4 is 11.8 Å². The highest BCUT2D eigenvalue weighted by Crippen LogP contribution is 2.72.